The lowest BCUT2D eigenvalue weighted by molar-refractivity contribution is 0.0945. The quantitative estimate of drug-likeness (QED) is 0.228. The van der Waals surface area contributed by atoms with Crippen molar-refractivity contribution in [2.24, 2.45) is 0 Å². The van der Waals surface area contributed by atoms with Crippen molar-refractivity contribution >= 4 is 40.0 Å². The van der Waals surface area contributed by atoms with Gasteiger partial charge in [0.25, 0.3) is 5.91 Å². The van der Waals surface area contributed by atoms with Crippen LogP contribution < -0.4 is 5.32 Å². The third-order valence-electron chi connectivity index (χ3n) is 6.08. The summed E-state index contributed by atoms with van der Waals surface area (Å²) in [5, 5.41) is 5.09. The Bertz CT molecular complexity index is 1500. The molecule has 0 aliphatic carbocycles. The van der Waals surface area contributed by atoms with E-state index in [2.05, 4.69) is 43.5 Å². The van der Waals surface area contributed by atoms with Gasteiger partial charge < -0.3 is 14.7 Å². The molecule has 0 unspecified atom stereocenters. The molecule has 0 saturated carbocycles. The number of benzene rings is 2. The summed E-state index contributed by atoms with van der Waals surface area (Å²) in [5.41, 5.74) is 4.52. The molecule has 0 atom stereocenters. The average Bonchev–Trinajstić information content (AvgIpc) is 3.56. The number of amides is 1. The molecular weight excluding hydrogens is 509 g/mol. The highest BCUT2D eigenvalue weighted by Gasteiger charge is 2.16. The number of aromatic amines is 1. The van der Waals surface area contributed by atoms with Gasteiger partial charge in [-0.25, -0.2) is 4.98 Å². The van der Waals surface area contributed by atoms with Crippen molar-refractivity contribution in [3.8, 4) is 0 Å². The third-order valence-corrected chi connectivity index (χ3v) is 6.82. The molecule has 3 aromatic heterocycles. The minimum absolute atomic E-state index is 0.241. The number of hydrogen-bond acceptors (Lipinski definition) is 5. The van der Waals surface area contributed by atoms with Gasteiger partial charge in [-0.2, -0.15) is 0 Å². The zero-order chi connectivity index (χ0) is 25.6. The van der Waals surface area contributed by atoms with E-state index < -0.39 is 0 Å². The normalized spacial score (nSPS) is 11.3. The summed E-state index contributed by atoms with van der Waals surface area (Å²) >= 11 is 12.4. The van der Waals surface area contributed by atoms with Crippen molar-refractivity contribution in [3.05, 3.63) is 118 Å². The van der Waals surface area contributed by atoms with Crippen molar-refractivity contribution in [1.29, 1.82) is 0 Å². The van der Waals surface area contributed by atoms with Crippen LogP contribution in [0.25, 0.3) is 10.9 Å². The number of oxazole rings is 1. The van der Waals surface area contributed by atoms with Crippen molar-refractivity contribution in [1.82, 2.24) is 25.2 Å². The second-order valence-corrected chi connectivity index (χ2v) is 9.55. The fourth-order valence-corrected chi connectivity index (χ4v) is 4.50. The smallest absolute Gasteiger partial charge is 0.273 e. The molecule has 5 rings (SSSR count). The van der Waals surface area contributed by atoms with Crippen LogP contribution in [0.1, 0.15) is 33.1 Å². The number of pyridine rings is 1. The van der Waals surface area contributed by atoms with Crippen LogP contribution in [0.15, 0.2) is 83.9 Å². The Hall–Kier alpha value is -3.65. The Morgan fingerprint density at radius 1 is 1.03 bits per heavy atom. The van der Waals surface area contributed by atoms with Gasteiger partial charge in [0, 0.05) is 49.1 Å². The predicted octanol–water partition coefficient (Wildman–Crippen LogP) is 6.03. The van der Waals surface area contributed by atoms with Crippen LogP contribution in [0, 0.1) is 0 Å². The lowest BCUT2D eigenvalue weighted by Gasteiger charge is -2.21. The molecule has 0 radical (unpaired) electrons. The summed E-state index contributed by atoms with van der Waals surface area (Å²) in [6.07, 6.45) is 7.67. The number of nitrogens with one attached hydrogen (secondary N) is 2. The number of carbonyl (C=O) groups excluding carboxylic acids is 1. The second-order valence-electron chi connectivity index (χ2n) is 8.74. The van der Waals surface area contributed by atoms with Crippen molar-refractivity contribution < 1.29 is 9.21 Å². The highest BCUT2D eigenvalue weighted by Crippen LogP contribution is 2.24. The van der Waals surface area contributed by atoms with Gasteiger partial charge in [-0.3, -0.25) is 14.7 Å². The monoisotopic (exact) mass is 533 g/mol. The van der Waals surface area contributed by atoms with Crippen molar-refractivity contribution in [3.63, 3.8) is 0 Å². The number of fused-ring (bicyclic) bond motifs is 1. The van der Waals surface area contributed by atoms with Crippen LogP contribution in [-0.4, -0.2) is 32.3 Å². The first-order valence-electron chi connectivity index (χ1n) is 11.9. The Morgan fingerprint density at radius 2 is 1.92 bits per heavy atom. The fraction of sp³-hybridized carbons (Fsp3) is 0.179. The van der Waals surface area contributed by atoms with Gasteiger partial charge in [-0.15, -0.1) is 0 Å². The van der Waals surface area contributed by atoms with E-state index in [0.717, 1.165) is 29.6 Å². The van der Waals surface area contributed by atoms with E-state index in [1.165, 1.54) is 17.2 Å². The Kier molecular flexibility index (Phi) is 7.84. The topological polar surface area (TPSA) is 87.0 Å². The lowest BCUT2D eigenvalue weighted by Crippen LogP contribution is -2.26. The number of aromatic nitrogens is 3. The van der Waals surface area contributed by atoms with E-state index >= 15 is 0 Å². The molecule has 9 heteroatoms. The fourth-order valence-electron chi connectivity index (χ4n) is 4.18. The minimum atomic E-state index is -0.298. The molecule has 0 fully saturated rings. The number of nitrogens with zero attached hydrogens (tertiary/aromatic N) is 3. The molecule has 188 valence electrons. The maximum Gasteiger partial charge on any atom is 0.273 e. The number of H-pyrrole nitrogens is 1. The first-order chi connectivity index (χ1) is 18.0. The molecule has 2 N–H and O–H groups in total. The molecule has 5 aromatic rings. The zero-order valence-electron chi connectivity index (χ0n) is 20.0. The van der Waals surface area contributed by atoms with E-state index in [-0.39, 0.29) is 11.6 Å². The third kappa shape index (κ3) is 6.38. The van der Waals surface area contributed by atoms with E-state index in [9.17, 15) is 4.79 Å². The number of carbonyl (C=O) groups is 1. The molecule has 2 aromatic carbocycles. The molecule has 37 heavy (non-hydrogen) atoms. The van der Waals surface area contributed by atoms with Gasteiger partial charge in [0.05, 0.1) is 16.6 Å². The van der Waals surface area contributed by atoms with Gasteiger partial charge in [0.15, 0.2) is 5.69 Å². The predicted molar refractivity (Wildman–Crippen MR) is 144 cm³/mol. The summed E-state index contributed by atoms with van der Waals surface area (Å²) in [4.78, 5) is 26.6. The van der Waals surface area contributed by atoms with E-state index in [1.807, 2.05) is 36.4 Å². The SMILES string of the molecule is O=C(NCc1cccnc1)c1coc(CN(CCc2c[nH]c3ccccc23)Cc2ccc(Cl)c(Cl)c2)n1. The van der Waals surface area contributed by atoms with Crippen LogP contribution in [0.5, 0.6) is 0 Å². The first kappa shape index (κ1) is 25.0. The Labute approximate surface area is 224 Å². The summed E-state index contributed by atoms with van der Waals surface area (Å²) in [5.74, 6) is 0.166. The maximum absolute atomic E-state index is 12.6. The lowest BCUT2D eigenvalue weighted by atomic mass is 10.1. The second kappa shape index (κ2) is 11.6. The number of para-hydroxylation sites is 1. The molecule has 0 bridgehead atoms. The number of hydrogen-bond donors (Lipinski definition) is 2. The Morgan fingerprint density at radius 3 is 2.76 bits per heavy atom. The van der Waals surface area contributed by atoms with E-state index in [1.54, 1.807) is 18.5 Å². The van der Waals surface area contributed by atoms with Gasteiger partial charge in [0.1, 0.15) is 6.26 Å². The maximum atomic E-state index is 12.6. The number of halogens is 2. The molecule has 3 heterocycles. The van der Waals surface area contributed by atoms with Crippen LogP contribution in [0.2, 0.25) is 10.0 Å². The molecule has 0 spiro atoms. The number of rotatable bonds is 10. The van der Waals surface area contributed by atoms with Gasteiger partial charge in [-0.05, 0) is 47.4 Å². The van der Waals surface area contributed by atoms with Gasteiger partial charge in [0.2, 0.25) is 5.89 Å². The summed E-state index contributed by atoms with van der Waals surface area (Å²) < 4.78 is 5.68. The first-order valence-corrected chi connectivity index (χ1v) is 12.6. The summed E-state index contributed by atoms with van der Waals surface area (Å²) in [7, 11) is 0. The molecular formula is C28H25Cl2N5O2. The van der Waals surface area contributed by atoms with Crippen LogP contribution in [-0.2, 0) is 26.1 Å². The molecule has 0 aliphatic rings. The van der Waals surface area contributed by atoms with Crippen LogP contribution in [0.3, 0.4) is 0 Å². The van der Waals surface area contributed by atoms with Crippen molar-refractivity contribution in [2.75, 3.05) is 6.54 Å². The molecule has 7 nitrogen and oxygen atoms in total. The van der Waals surface area contributed by atoms with E-state index in [0.29, 0.717) is 35.6 Å². The van der Waals surface area contributed by atoms with Gasteiger partial charge in [-0.1, -0.05) is 53.5 Å². The van der Waals surface area contributed by atoms with Crippen LogP contribution in [0.4, 0.5) is 0 Å². The van der Waals surface area contributed by atoms with Crippen LogP contribution >= 0.6 is 23.2 Å². The largest absolute Gasteiger partial charge is 0.447 e. The van der Waals surface area contributed by atoms with Crippen molar-refractivity contribution in [2.45, 2.75) is 26.1 Å². The van der Waals surface area contributed by atoms with E-state index in [4.69, 9.17) is 27.6 Å². The standard InChI is InChI=1S/C28H25Cl2N5O2/c29-23-8-7-19(12-24(23)30)16-35(11-9-21-15-32-25-6-2-1-5-22(21)25)17-27-34-26(18-37-27)28(36)33-14-20-4-3-10-31-13-20/h1-8,10,12-13,15,18,32H,9,11,14,16-17H2,(H,33,36). The summed E-state index contributed by atoms with van der Waals surface area (Å²) in [6.45, 7) is 2.15. The minimum Gasteiger partial charge on any atom is -0.447 e. The molecule has 1 amide bonds. The zero-order valence-corrected chi connectivity index (χ0v) is 21.5. The molecule has 0 aliphatic heterocycles. The van der Waals surface area contributed by atoms with Gasteiger partial charge >= 0.3 is 0 Å². The highest BCUT2D eigenvalue weighted by molar-refractivity contribution is 6.42. The Balaban J connectivity index is 1.28. The molecule has 0 saturated heterocycles. The highest BCUT2D eigenvalue weighted by atomic mass is 35.5. The average molecular weight is 534 g/mol. The summed E-state index contributed by atoms with van der Waals surface area (Å²) in [6, 6.07) is 17.6.